The number of alkyl halides is 3. The third kappa shape index (κ3) is 5.88. The smallest absolute Gasteiger partial charge is 0.389 e. The lowest BCUT2D eigenvalue weighted by Crippen LogP contribution is -2.19. The Labute approximate surface area is 131 Å². The Morgan fingerprint density at radius 2 is 1.85 bits per heavy atom. The van der Waals surface area contributed by atoms with E-state index in [0.717, 1.165) is 0 Å². The summed E-state index contributed by atoms with van der Waals surface area (Å²) < 4.78 is 62.6. The standard InChI is InChI=1S/C10H11Br2F3N2O2S/c11-6-4-7(12)9(8(16)5-6)17-20(18,19)3-1-2-10(13,14)15/h4-5,17H,1-3,16H2. The number of sulfonamides is 1. The van der Waals surface area contributed by atoms with Gasteiger partial charge in [-0.25, -0.2) is 8.42 Å². The molecule has 1 aromatic rings. The first-order valence-electron chi connectivity index (χ1n) is 5.32. The van der Waals surface area contributed by atoms with Crippen LogP contribution in [0.4, 0.5) is 24.5 Å². The Morgan fingerprint density at radius 3 is 2.35 bits per heavy atom. The fourth-order valence-corrected chi connectivity index (χ4v) is 4.02. The Morgan fingerprint density at radius 1 is 1.25 bits per heavy atom. The fraction of sp³-hybridized carbons (Fsp3) is 0.400. The maximum atomic E-state index is 12.0. The summed E-state index contributed by atoms with van der Waals surface area (Å²) in [6.45, 7) is 0. The van der Waals surface area contributed by atoms with E-state index in [-0.39, 0.29) is 11.4 Å². The molecule has 4 nitrogen and oxygen atoms in total. The van der Waals surface area contributed by atoms with Crippen molar-refractivity contribution in [1.29, 1.82) is 0 Å². The van der Waals surface area contributed by atoms with E-state index in [1.807, 2.05) is 0 Å². The molecule has 0 aliphatic heterocycles. The van der Waals surface area contributed by atoms with Crippen molar-refractivity contribution < 1.29 is 21.6 Å². The molecule has 0 aliphatic carbocycles. The van der Waals surface area contributed by atoms with E-state index in [1.54, 1.807) is 6.07 Å². The second kappa shape index (κ2) is 6.52. The van der Waals surface area contributed by atoms with E-state index >= 15 is 0 Å². The number of rotatable bonds is 5. The monoisotopic (exact) mass is 438 g/mol. The van der Waals surface area contributed by atoms with Crippen molar-refractivity contribution >= 4 is 53.3 Å². The van der Waals surface area contributed by atoms with E-state index in [0.29, 0.717) is 8.95 Å². The highest BCUT2D eigenvalue weighted by Crippen LogP contribution is 2.33. The minimum atomic E-state index is -4.37. The lowest BCUT2D eigenvalue weighted by Gasteiger charge is -2.13. The average molecular weight is 440 g/mol. The Kier molecular flexibility index (Phi) is 5.73. The van der Waals surface area contributed by atoms with E-state index < -0.39 is 34.8 Å². The maximum Gasteiger partial charge on any atom is 0.389 e. The molecule has 0 aliphatic rings. The minimum absolute atomic E-state index is 0.111. The van der Waals surface area contributed by atoms with Crippen molar-refractivity contribution in [3.8, 4) is 0 Å². The number of nitrogen functional groups attached to an aromatic ring is 1. The van der Waals surface area contributed by atoms with Crippen LogP contribution < -0.4 is 10.5 Å². The van der Waals surface area contributed by atoms with Gasteiger partial charge in [0.15, 0.2) is 0 Å². The van der Waals surface area contributed by atoms with Crippen LogP contribution in [0.3, 0.4) is 0 Å². The maximum absolute atomic E-state index is 12.0. The van der Waals surface area contributed by atoms with Crippen LogP contribution >= 0.6 is 31.9 Å². The van der Waals surface area contributed by atoms with Gasteiger partial charge in [-0.2, -0.15) is 13.2 Å². The summed E-state index contributed by atoms with van der Waals surface area (Å²) >= 11 is 6.31. The third-order valence-corrected chi connectivity index (χ3v) is 4.64. The molecule has 3 N–H and O–H groups in total. The molecular weight excluding hydrogens is 429 g/mol. The lowest BCUT2D eigenvalue weighted by molar-refractivity contribution is -0.134. The van der Waals surface area contributed by atoms with Crippen molar-refractivity contribution in [2.75, 3.05) is 16.2 Å². The molecule has 114 valence electrons. The highest BCUT2D eigenvalue weighted by atomic mass is 79.9. The van der Waals surface area contributed by atoms with Gasteiger partial charge in [-0.15, -0.1) is 0 Å². The molecule has 1 rings (SSSR count). The van der Waals surface area contributed by atoms with Gasteiger partial charge in [0.25, 0.3) is 0 Å². The van der Waals surface area contributed by atoms with E-state index in [4.69, 9.17) is 5.73 Å². The van der Waals surface area contributed by atoms with Crippen molar-refractivity contribution in [1.82, 2.24) is 0 Å². The van der Waals surface area contributed by atoms with Crippen LogP contribution in [0.2, 0.25) is 0 Å². The summed E-state index contributed by atoms with van der Waals surface area (Å²) in [5.74, 6) is -0.631. The molecule has 0 aromatic heterocycles. The number of halogens is 5. The molecule has 0 atom stereocenters. The third-order valence-electron chi connectivity index (χ3n) is 2.22. The minimum Gasteiger partial charge on any atom is -0.397 e. The predicted octanol–water partition coefficient (Wildman–Crippen LogP) is 3.88. The largest absolute Gasteiger partial charge is 0.397 e. The van der Waals surface area contributed by atoms with Crippen molar-refractivity contribution in [2.45, 2.75) is 19.0 Å². The van der Waals surface area contributed by atoms with Crippen LogP contribution in [0.5, 0.6) is 0 Å². The number of anilines is 2. The van der Waals surface area contributed by atoms with Crippen molar-refractivity contribution in [3.63, 3.8) is 0 Å². The number of benzene rings is 1. The predicted molar refractivity (Wildman–Crippen MR) is 79.0 cm³/mol. The van der Waals surface area contributed by atoms with Crippen LogP contribution in [0.15, 0.2) is 21.1 Å². The van der Waals surface area contributed by atoms with E-state index in [1.165, 1.54) is 6.07 Å². The van der Waals surface area contributed by atoms with Crippen LogP contribution in [-0.2, 0) is 10.0 Å². The number of hydrogen-bond acceptors (Lipinski definition) is 3. The first kappa shape index (κ1) is 17.6. The summed E-state index contributed by atoms with van der Waals surface area (Å²) in [5.41, 5.74) is 5.93. The molecule has 1 aromatic carbocycles. The normalized spacial score (nSPS) is 12.4. The van der Waals surface area contributed by atoms with Gasteiger partial charge in [0.05, 0.1) is 17.1 Å². The highest BCUT2D eigenvalue weighted by molar-refractivity contribution is 9.11. The van der Waals surface area contributed by atoms with Gasteiger partial charge in [0.1, 0.15) is 0 Å². The van der Waals surface area contributed by atoms with Crippen LogP contribution in [0.25, 0.3) is 0 Å². The number of nitrogens with two attached hydrogens (primary N) is 1. The molecule has 0 amide bonds. The zero-order chi connectivity index (χ0) is 15.6. The molecule has 0 bridgehead atoms. The summed E-state index contributed by atoms with van der Waals surface area (Å²) in [6, 6.07) is 3.06. The molecule has 0 spiro atoms. The molecule has 0 saturated heterocycles. The van der Waals surface area contributed by atoms with Gasteiger partial charge in [0.2, 0.25) is 10.0 Å². The lowest BCUT2D eigenvalue weighted by atomic mass is 10.3. The first-order valence-corrected chi connectivity index (χ1v) is 8.56. The van der Waals surface area contributed by atoms with Crippen molar-refractivity contribution in [3.05, 3.63) is 21.1 Å². The highest BCUT2D eigenvalue weighted by Gasteiger charge is 2.27. The van der Waals surface area contributed by atoms with Crippen LogP contribution in [0.1, 0.15) is 12.8 Å². The Balaban J connectivity index is 2.77. The Bertz CT molecular complexity index is 568. The zero-order valence-electron chi connectivity index (χ0n) is 9.97. The van der Waals surface area contributed by atoms with Gasteiger partial charge < -0.3 is 5.73 Å². The summed E-state index contributed by atoms with van der Waals surface area (Å²) in [5, 5.41) is 0. The average Bonchev–Trinajstić information content (AvgIpc) is 2.21. The topological polar surface area (TPSA) is 72.2 Å². The van der Waals surface area contributed by atoms with Crippen LogP contribution in [0, 0.1) is 0 Å². The van der Waals surface area contributed by atoms with Gasteiger partial charge in [-0.05, 0) is 34.5 Å². The van der Waals surface area contributed by atoms with Gasteiger partial charge in [-0.1, -0.05) is 15.9 Å². The van der Waals surface area contributed by atoms with Crippen molar-refractivity contribution in [2.24, 2.45) is 0 Å². The molecule has 0 unspecified atom stereocenters. The SMILES string of the molecule is Nc1cc(Br)cc(Br)c1NS(=O)(=O)CCCC(F)(F)F. The summed E-state index contributed by atoms with van der Waals surface area (Å²) in [7, 11) is -3.89. The van der Waals surface area contributed by atoms with Gasteiger partial charge in [0, 0.05) is 15.4 Å². The summed E-state index contributed by atoms with van der Waals surface area (Å²) in [6.07, 6.45) is -6.02. The molecule has 10 heteroatoms. The quantitative estimate of drug-likeness (QED) is 0.684. The van der Waals surface area contributed by atoms with Crippen LogP contribution in [-0.4, -0.2) is 20.3 Å². The van der Waals surface area contributed by atoms with E-state index in [9.17, 15) is 21.6 Å². The second-order valence-electron chi connectivity index (χ2n) is 3.99. The fourth-order valence-electron chi connectivity index (χ4n) is 1.37. The second-order valence-corrected chi connectivity index (χ2v) is 7.60. The number of nitrogens with one attached hydrogen (secondary N) is 1. The molecule has 0 fully saturated rings. The Hall–Kier alpha value is -0.480. The molecular formula is C10H11Br2F3N2O2S. The van der Waals surface area contributed by atoms with Gasteiger partial charge >= 0.3 is 6.18 Å². The number of hydrogen-bond donors (Lipinski definition) is 2. The molecule has 0 saturated carbocycles. The first-order chi connectivity index (χ1) is 9.00. The van der Waals surface area contributed by atoms with Gasteiger partial charge in [-0.3, -0.25) is 4.72 Å². The van der Waals surface area contributed by atoms with E-state index in [2.05, 4.69) is 36.6 Å². The summed E-state index contributed by atoms with van der Waals surface area (Å²) in [4.78, 5) is 0. The zero-order valence-corrected chi connectivity index (χ0v) is 14.0. The molecule has 0 radical (unpaired) electrons. The molecule has 20 heavy (non-hydrogen) atoms. The molecule has 0 heterocycles.